The topological polar surface area (TPSA) is 55.9 Å². The molecule has 6 nitrogen and oxygen atoms in total. The first-order valence-electron chi connectivity index (χ1n) is 8.33. The van der Waals surface area contributed by atoms with Crippen LogP contribution in [-0.4, -0.2) is 66.4 Å². The van der Waals surface area contributed by atoms with Crippen LogP contribution in [0.4, 0.5) is 0 Å². The third-order valence-electron chi connectivity index (χ3n) is 4.55. The van der Waals surface area contributed by atoms with Crippen molar-refractivity contribution in [2.75, 3.05) is 39.8 Å². The number of rotatable bonds is 3. The highest BCUT2D eigenvalue weighted by atomic mass is 16.2. The van der Waals surface area contributed by atoms with E-state index < -0.39 is 0 Å². The molecule has 2 aliphatic heterocycles. The van der Waals surface area contributed by atoms with Crippen molar-refractivity contribution in [2.24, 2.45) is 0 Å². The zero-order valence-corrected chi connectivity index (χ0v) is 14.3. The number of nitrogens with one attached hydrogen (secondary N) is 1. The molecule has 24 heavy (non-hydrogen) atoms. The van der Waals surface area contributed by atoms with E-state index in [9.17, 15) is 9.59 Å². The summed E-state index contributed by atoms with van der Waals surface area (Å²) in [6.45, 7) is 5.31. The van der Waals surface area contributed by atoms with E-state index in [0.29, 0.717) is 6.42 Å². The number of hydrogen-bond acceptors (Lipinski definition) is 4. The number of aryl methyl sites for hydroxylation is 1. The number of hydrazine groups is 1. The summed E-state index contributed by atoms with van der Waals surface area (Å²) in [6, 6.07) is 8.11. The van der Waals surface area contributed by atoms with Crippen molar-refractivity contribution in [3.8, 4) is 0 Å². The Labute approximate surface area is 142 Å². The fourth-order valence-electron chi connectivity index (χ4n) is 2.89. The number of amides is 2. The minimum atomic E-state index is -0.0756. The molecule has 0 saturated carbocycles. The Morgan fingerprint density at radius 2 is 1.79 bits per heavy atom. The fourth-order valence-corrected chi connectivity index (χ4v) is 2.89. The summed E-state index contributed by atoms with van der Waals surface area (Å²) in [7, 11) is 2.05. The van der Waals surface area contributed by atoms with Crippen molar-refractivity contribution >= 4 is 17.5 Å². The molecule has 0 atom stereocenters. The van der Waals surface area contributed by atoms with Crippen LogP contribution < -0.4 is 5.43 Å². The number of benzene rings is 1. The van der Waals surface area contributed by atoms with Gasteiger partial charge in [-0.05, 0) is 25.6 Å². The second-order valence-electron chi connectivity index (χ2n) is 6.46. The normalized spacial score (nSPS) is 19.1. The Bertz CT molecular complexity index is 645. The zero-order valence-electron chi connectivity index (χ0n) is 14.3. The Morgan fingerprint density at radius 1 is 1.12 bits per heavy atom. The Morgan fingerprint density at radius 3 is 2.46 bits per heavy atom. The number of carbonyl (C=O) groups excluding carboxylic acids is 2. The summed E-state index contributed by atoms with van der Waals surface area (Å²) in [5.41, 5.74) is 6.19. The van der Waals surface area contributed by atoms with Crippen LogP contribution in [0.3, 0.4) is 0 Å². The molecular formula is C18H24N4O2. The molecule has 0 radical (unpaired) electrons. The van der Waals surface area contributed by atoms with Crippen LogP contribution in [-0.2, 0) is 9.59 Å². The molecule has 0 unspecified atom stereocenters. The molecule has 0 spiro atoms. The van der Waals surface area contributed by atoms with Gasteiger partial charge in [-0.15, -0.1) is 0 Å². The molecule has 1 aromatic rings. The third kappa shape index (κ3) is 3.76. The van der Waals surface area contributed by atoms with Crippen LogP contribution in [0, 0.1) is 6.92 Å². The molecule has 6 heteroatoms. The average molecular weight is 328 g/mol. The monoisotopic (exact) mass is 328 g/mol. The molecule has 1 N–H and O–H groups in total. The largest absolute Gasteiger partial charge is 0.339 e. The van der Waals surface area contributed by atoms with E-state index in [1.165, 1.54) is 10.6 Å². The molecule has 0 aromatic heterocycles. The number of likely N-dealkylation sites (N-methyl/N-ethyl adjacent to an activating group) is 1. The summed E-state index contributed by atoms with van der Waals surface area (Å²) in [6.07, 6.45) is 2.19. The maximum absolute atomic E-state index is 12.5. The van der Waals surface area contributed by atoms with Gasteiger partial charge in [0, 0.05) is 32.6 Å². The van der Waals surface area contributed by atoms with Crippen molar-refractivity contribution in [1.29, 1.82) is 0 Å². The van der Waals surface area contributed by atoms with Crippen LogP contribution in [0.2, 0.25) is 0 Å². The van der Waals surface area contributed by atoms with Crippen molar-refractivity contribution in [3.63, 3.8) is 0 Å². The summed E-state index contributed by atoms with van der Waals surface area (Å²) in [4.78, 5) is 28.6. The minimum absolute atomic E-state index is 0.00546. The van der Waals surface area contributed by atoms with Gasteiger partial charge in [-0.1, -0.05) is 29.8 Å². The lowest BCUT2D eigenvalue weighted by Gasteiger charge is -2.35. The van der Waals surface area contributed by atoms with Crippen LogP contribution in [0.5, 0.6) is 0 Å². The first-order valence-corrected chi connectivity index (χ1v) is 8.33. The van der Waals surface area contributed by atoms with Gasteiger partial charge in [0.15, 0.2) is 0 Å². The molecule has 1 saturated heterocycles. The molecule has 2 aliphatic rings. The summed E-state index contributed by atoms with van der Waals surface area (Å²) in [5.74, 6) is -0.0811. The molecule has 0 aliphatic carbocycles. The van der Waals surface area contributed by atoms with Crippen LogP contribution in [0.1, 0.15) is 17.5 Å². The Hall–Kier alpha value is -2.34. The molecule has 1 fully saturated rings. The number of nitrogens with zero attached hydrogens (tertiary/aromatic N) is 3. The van der Waals surface area contributed by atoms with E-state index in [0.717, 1.165) is 37.4 Å². The Kier molecular flexibility index (Phi) is 4.85. The maximum Gasteiger partial charge on any atom is 0.245 e. The fraction of sp³-hybridized carbons (Fsp3) is 0.444. The van der Waals surface area contributed by atoms with Crippen LogP contribution in [0.15, 0.2) is 30.3 Å². The van der Waals surface area contributed by atoms with Gasteiger partial charge >= 0.3 is 0 Å². The SMILES string of the molecule is Cc1ccc(C2=CCC(=O)N(CC(=O)N3CCN(C)CC3)N2)cc1. The first-order chi connectivity index (χ1) is 11.5. The Balaban J connectivity index is 1.63. The maximum atomic E-state index is 12.5. The molecule has 1 aromatic carbocycles. The van der Waals surface area contributed by atoms with E-state index >= 15 is 0 Å². The van der Waals surface area contributed by atoms with E-state index in [1.807, 2.05) is 42.2 Å². The minimum Gasteiger partial charge on any atom is -0.339 e. The number of hydrogen-bond donors (Lipinski definition) is 1. The van der Waals surface area contributed by atoms with Crippen molar-refractivity contribution in [2.45, 2.75) is 13.3 Å². The first kappa shape index (κ1) is 16.5. The van der Waals surface area contributed by atoms with E-state index in [2.05, 4.69) is 17.4 Å². The van der Waals surface area contributed by atoms with Crippen molar-refractivity contribution in [3.05, 3.63) is 41.5 Å². The van der Waals surface area contributed by atoms with Gasteiger partial charge < -0.3 is 9.80 Å². The molecule has 0 bridgehead atoms. The second-order valence-corrected chi connectivity index (χ2v) is 6.46. The second kappa shape index (κ2) is 7.05. The lowest BCUT2D eigenvalue weighted by molar-refractivity contribution is -0.143. The van der Waals surface area contributed by atoms with Gasteiger partial charge in [0.1, 0.15) is 6.54 Å². The predicted octanol–water partition coefficient (Wildman–Crippen LogP) is 0.847. The zero-order chi connectivity index (χ0) is 17.1. The van der Waals surface area contributed by atoms with Crippen molar-refractivity contribution in [1.82, 2.24) is 20.2 Å². The third-order valence-corrected chi connectivity index (χ3v) is 4.55. The van der Waals surface area contributed by atoms with E-state index in [-0.39, 0.29) is 18.4 Å². The standard InChI is InChI=1S/C18H24N4O2/c1-14-3-5-15(6-4-14)16-7-8-17(23)22(19-16)13-18(24)21-11-9-20(2)10-12-21/h3-7,19H,8-13H2,1-2H3. The van der Waals surface area contributed by atoms with Gasteiger partial charge in [0.25, 0.3) is 0 Å². The van der Waals surface area contributed by atoms with Gasteiger partial charge in [0.2, 0.25) is 11.8 Å². The molecule has 3 rings (SSSR count). The van der Waals surface area contributed by atoms with Gasteiger partial charge in [-0.3, -0.25) is 15.0 Å². The lowest BCUT2D eigenvalue weighted by atomic mass is 10.1. The van der Waals surface area contributed by atoms with Gasteiger partial charge in [0.05, 0.1) is 5.70 Å². The van der Waals surface area contributed by atoms with Crippen LogP contribution >= 0.6 is 0 Å². The summed E-state index contributed by atoms with van der Waals surface area (Å²) in [5, 5.41) is 1.44. The van der Waals surface area contributed by atoms with Crippen molar-refractivity contribution < 1.29 is 9.59 Å². The molecule has 2 heterocycles. The highest BCUT2D eigenvalue weighted by Crippen LogP contribution is 2.18. The summed E-state index contributed by atoms with van der Waals surface area (Å²) < 4.78 is 0. The lowest BCUT2D eigenvalue weighted by Crippen LogP contribution is -2.53. The van der Waals surface area contributed by atoms with Gasteiger partial charge in [-0.2, -0.15) is 0 Å². The molecule has 2 amide bonds. The summed E-state index contributed by atoms with van der Waals surface area (Å²) >= 11 is 0. The van der Waals surface area contributed by atoms with E-state index in [1.54, 1.807) is 0 Å². The van der Waals surface area contributed by atoms with Crippen LogP contribution in [0.25, 0.3) is 5.70 Å². The quantitative estimate of drug-likeness (QED) is 0.894. The highest BCUT2D eigenvalue weighted by molar-refractivity contribution is 5.88. The van der Waals surface area contributed by atoms with E-state index in [4.69, 9.17) is 0 Å². The average Bonchev–Trinajstić information content (AvgIpc) is 2.58. The number of piperazine rings is 1. The molecular weight excluding hydrogens is 304 g/mol. The smallest absolute Gasteiger partial charge is 0.245 e. The predicted molar refractivity (Wildman–Crippen MR) is 92.7 cm³/mol. The molecule has 128 valence electrons. The van der Waals surface area contributed by atoms with Gasteiger partial charge in [-0.25, -0.2) is 5.01 Å². The highest BCUT2D eigenvalue weighted by Gasteiger charge is 2.26. The number of carbonyl (C=O) groups is 2.